The van der Waals surface area contributed by atoms with Gasteiger partial charge in [0.25, 0.3) is 11.8 Å². The first-order valence-corrected chi connectivity index (χ1v) is 11.1. The van der Waals surface area contributed by atoms with Crippen LogP contribution in [0.1, 0.15) is 44.6 Å². The Morgan fingerprint density at radius 3 is 2.69 bits per heavy atom. The summed E-state index contributed by atoms with van der Waals surface area (Å²) in [7, 11) is 0. The molecule has 9 nitrogen and oxygen atoms in total. The lowest BCUT2D eigenvalue weighted by Gasteiger charge is -2.34. The van der Waals surface area contributed by atoms with Crippen LogP contribution >= 0.6 is 0 Å². The van der Waals surface area contributed by atoms with Crippen molar-refractivity contribution in [2.75, 3.05) is 26.3 Å². The third kappa shape index (κ3) is 5.77. The summed E-state index contributed by atoms with van der Waals surface area (Å²) in [5, 5.41) is 5.36. The number of esters is 1. The zero-order valence-corrected chi connectivity index (χ0v) is 18.6. The maximum absolute atomic E-state index is 12.8. The number of hydrogen-bond donors (Lipinski definition) is 2. The number of benzene rings is 1. The van der Waals surface area contributed by atoms with Crippen LogP contribution in [0.3, 0.4) is 0 Å². The predicted octanol–water partition coefficient (Wildman–Crippen LogP) is 1.92. The molecule has 1 aromatic carbocycles. The van der Waals surface area contributed by atoms with Gasteiger partial charge in [0.05, 0.1) is 6.54 Å². The smallest absolute Gasteiger partial charge is 0.326 e. The van der Waals surface area contributed by atoms with Gasteiger partial charge in [0.15, 0.2) is 6.61 Å². The summed E-state index contributed by atoms with van der Waals surface area (Å²) in [5.74, 6) is -0.409. The quantitative estimate of drug-likeness (QED) is 0.341. The zero-order chi connectivity index (χ0) is 23.1. The summed E-state index contributed by atoms with van der Waals surface area (Å²) in [6.45, 7) is 3.60. The fourth-order valence-corrected chi connectivity index (χ4v) is 4.17. The van der Waals surface area contributed by atoms with Gasteiger partial charge in [0, 0.05) is 0 Å². The maximum Gasteiger partial charge on any atom is 0.326 e. The highest BCUT2D eigenvalue weighted by atomic mass is 16.5. The van der Waals surface area contributed by atoms with Crippen molar-refractivity contribution in [3.63, 3.8) is 0 Å². The molecule has 1 saturated heterocycles. The third-order valence-electron chi connectivity index (χ3n) is 6.12. The molecular weight excluding hydrogens is 414 g/mol. The van der Waals surface area contributed by atoms with Crippen LogP contribution in [-0.4, -0.2) is 60.6 Å². The lowest BCUT2D eigenvalue weighted by Crippen LogP contribution is -2.49. The molecule has 1 aliphatic carbocycles. The van der Waals surface area contributed by atoms with E-state index in [4.69, 9.17) is 9.47 Å². The molecule has 2 aliphatic rings. The molecule has 174 valence electrons. The molecule has 1 aromatic rings. The van der Waals surface area contributed by atoms with Gasteiger partial charge in [-0.25, -0.2) is 4.79 Å². The largest absolute Gasteiger partial charge is 0.492 e. The minimum Gasteiger partial charge on any atom is -0.492 e. The van der Waals surface area contributed by atoms with Gasteiger partial charge in [-0.3, -0.25) is 19.3 Å². The lowest BCUT2D eigenvalue weighted by atomic mass is 9.75. The van der Waals surface area contributed by atoms with Gasteiger partial charge in [-0.2, -0.15) is 0 Å². The summed E-state index contributed by atoms with van der Waals surface area (Å²) < 4.78 is 10.5. The standard InChI is InChI=1S/C23H31N3O6/c1-3-17-7-9-23(10-8-17)21(29)26(22(30)25-23)14-20(28)32-15-19(27)24-11-12-31-18-6-4-5-16(2)13-18/h4-6,13,17H,3,7-12,14-15H2,1-2H3,(H,24,27)(H,25,30). The second kappa shape index (κ2) is 10.5. The molecule has 4 amide bonds. The highest BCUT2D eigenvalue weighted by Crippen LogP contribution is 2.37. The van der Waals surface area contributed by atoms with Gasteiger partial charge >= 0.3 is 12.0 Å². The fourth-order valence-electron chi connectivity index (χ4n) is 4.17. The SMILES string of the molecule is CCC1CCC2(CC1)NC(=O)N(CC(=O)OCC(=O)NCCOc1cccc(C)c1)C2=O. The van der Waals surface area contributed by atoms with E-state index in [2.05, 4.69) is 17.6 Å². The Morgan fingerprint density at radius 1 is 1.25 bits per heavy atom. The van der Waals surface area contributed by atoms with E-state index in [1.807, 2.05) is 31.2 Å². The minimum atomic E-state index is -0.905. The molecule has 0 aromatic heterocycles. The Bertz CT molecular complexity index is 863. The second-order valence-corrected chi connectivity index (χ2v) is 8.43. The monoisotopic (exact) mass is 445 g/mol. The number of carbonyl (C=O) groups excluding carboxylic acids is 4. The first-order valence-electron chi connectivity index (χ1n) is 11.1. The van der Waals surface area contributed by atoms with Crippen LogP contribution in [0.4, 0.5) is 4.79 Å². The Morgan fingerprint density at radius 2 is 2.00 bits per heavy atom. The molecule has 0 radical (unpaired) electrons. The van der Waals surface area contributed by atoms with E-state index < -0.39 is 36.6 Å². The number of rotatable bonds is 9. The first kappa shape index (κ1) is 23.6. The van der Waals surface area contributed by atoms with Crippen LogP contribution in [0.15, 0.2) is 24.3 Å². The summed E-state index contributed by atoms with van der Waals surface area (Å²) in [5.41, 5.74) is 0.167. The highest BCUT2D eigenvalue weighted by Gasteiger charge is 2.52. The van der Waals surface area contributed by atoms with E-state index in [0.717, 1.165) is 29.7 Å². The van der Waals surface area contributed by atoms with Crippen LogP contribution in [0.2, 0.25) is 0 Å². The van der Waals surface area contributed by atoms with Gasteiger partial charge in [0.1, 0.15) is 24.4 Å². The molecule has 1 aliphatic heterocycles. The van der Waals surface area contributed by atoms with Crippen molar-refractivity contribution in [1.82, 2.24) is 15.5 Å². The van der Waals surface area contributed by atoms with Crippen LogP contribution in [0.25, 0.3) is 0 Å². The van der Waals surface area contributed by atoms with Gasteiger partial charge in [-0.1, -0.05) is 25.5 Å². The average Bonchev–Trinajstić information content (AvgIpc) is 3.00. The summed E-state index contributed by atoms with van der Waals surface area (Å²) in [6, 6.07) is 6.97. The normalized spacial score (nSPS) is 22.6. The highest BCUT2D eigenvalue weighted by molar-refractivity contribution is 6.08. The molecule has 1 saturated carbocycles. The maximum atomic E-state index is 12.8. The van der Waals surface area contributed by atoms with Crippen LogP contribution in [-0.2, 0) is 19.1 Å². The third-order valence-corrected chi connectivity index (χ3v) is 6.12. The average molecular weight is 446 g/mol. The van der Waals surface area contributed by atoms with Crippen molar-refractivity contribution in [2.24, 2.45) is 5.92 Å². The molecule has 2 N–H and O–H groups in total. The van der Waals surface area contributed by atoms with Crippen molar-refractivity contribution in [3.8, 4) is 5.75 Å². The van der Waals surface area contributed by atoms with Crippen molar-refractivity contribution in [3.05, 3.63) is 29.8 Å². The molecule has 9 heteroatoms. The van der Waals surface area contributed by atoms with E-state index in [1.165, 1.54) is 0 Å². The van der Waals surface area contributed by atoms with Crippen LogP contribution < -0.4 is 15.4 Å². The van der Waals surface area contributed by atoms with Crippen LogP contribution in [0, 0.1) is 12.8 Å². The van der Waals surface area contributed by atoms with Gasteiger partial charge in [-0.05, 0) is 56.2 Å². The number of imide groups is 1. The Kier molecular flexibility index (Phi) is 7.71. The Hall–Kier alpha value is -3.10. The van der Waals surface area contributed by atoms with Crippen molar-refractivity contribution in [2.45, 2.75) is 51.5 Å². The summed E-state index contributed by atoms with van der Waals surface area (Å²) in [4.78, 5) is 50.0. The molecule has 2 fully saturated rings. The molecule has 0 unspecified atom stereocenters. The lowest BCUT2D eigenvalue weighted by molar-refractivity contribution is -0.151. The Labute approximate surface area is 187 Å². The molecule has 32 heavy (non-hydrogen) atoms. The number of ether oxygens (including phenoxy) is 2. The second-order valence-electron chi connectivity index (χ2n) is 8.43. The summed E-state index contributed by atoms with van der Waals surface area (Å²) >= 11 is 0. The number of urea groups is 1. The first-order chi connectivity index (χ1) is 15.3. The number of amides is 4. The predicted molar refractivity (Wildman–Crippen MR) is 116 cm³/mol. The number of aryl methyl sites for hydroxylation is 1. The topological polar surface area (TPSA) is 114 Å². The minimum absolute atomic E-state index is 0.249. The van der Waals surface area contributed by atoms with E-state index >= 15 is 0 Å². The van der Waals surface area contributed by atoms with E-state index in [0.29, 0.717) is 24.5 Å². The Balaban J connectivity index is 1.36. The van der Waals surface area contributed by atoms with E-state index in [-0.39, 0.29) is 19.1 Å². The molecule has 0 bridgehead atoms. The van der Waals surface area contributed by atoms with Crippen LogP contribution in [0.5, 0.6) is 5.75 Å². The molecule has 3 rings (SSSR count). The molecule has 1 spiro atoms. The van der Waals surface area contributed by atoms with Gasteiger partial charge in [-0.15, -0.1) is 0 Å². The van der Waals surface area contributed by atoms with Crippen molar-refractivity contribution in [1.29, 1.82) is 0 Å². The number of nitrogens with one attached hydrogen (secondary N) is 2. The number of carbonyl (C=O) groups is 4. The van der Waals surface area contributed by atoms with Crippen molar-refractivity contribution >= 4 is 23.8 Å². The number of hydrogen-bond acceptors (Lipinski definition) is 6. The van der Waals surface area contributed by atoms with Gasteiger partial charge < -0.3 is 20.1 Å². The zero-order valence-electron chi connectivity index (χ0n) is 18.6. The molecule has 0 atom stereocenters. The van der Waals surface area contributed by atoms with Crippen molar-refractivity contribution < 1.29 is 28.7 Å². The van der Waals surface area contributed by atoms with E-state index in [1.54, 1.807) is 0 Å². The summed E-state index contributed by atoms with van der Waals surface area (Å²) in [6.07, 6.45) is 3.95. The van der Waals surface area contributed by atoms with E-state index in [9.17, 15) is 19.2 Å². The number of nitrogens with zero attached hydrogens (tertiary/aromatic N) is 1. The van der Waals surface area contributed by atoms with Gasteiger partial charge in [0.2, 0.25) is 0 Å². The molecule has 1 heterocycles. The fraction of sp³-hybridized carbons (Fsp3) is 0.565. The molecular formula is C23H31N3O6.